The summed E-state index contributed by atoms with van der Waals surface area (Å²) in [5, 5.41) is 33.3. The van der Waals surface area contributed by atoms with Crippen molar-refractivity contribution in [2.24, 2.45) is 0 Å². The van der Waals surface area contributed by atoms with Crippen molar-refractivity contribution in [1.29, 1.82) is 0 Å². The molecule has 0 rings (SSSR count). The molecule has 0 amide bonds. The average molecular weight is 232 g/mol. The molecule has 0 saturated heterocycles. The zero-order chi connectivity index (χ0) is 7.15. The molecule has 0 N–H and O–H groups in total. The molecule has 0 heterocycles. The molecule has 0 spiro atoms. The average Bonchev–Trinajstić information content (AvgIpc) is 1.25. The van der Waals surface area contributed by atoms with Gasteiger partial charge in [-0.2, -0.15) is 0 Å². The number of hydrogen-bond acceptors (Lipinski definition) is 6. The molecule has 0 aliphatic rings. The summed E-state index contributed by atoms with van der Waals surface area (Å²) in [6.45, 7) is 0. The van der Waals surface area contributed by atoms with Gasteiger partial charge in [-0.15, -0.1) is 0 Å². The van der Waals surface area contributed by atoms with Crippen molar-refractivity contribution in [3.63, 3.8) is 0 Å². The van der Waals surface area contributed by atoms with Gasteiger partial charge in [0.15, 0.2) is 0 Å². The molecule has 0 bridgehead atoms. The fourth-order valence-corrected chi connectivity index (χ4v) is 0. The molecule has 0 fully saturated rings. The molecule has 8 heteroatoms. The van der Waals surface area contributed by atoms with Gasteiger partial charge in [0.2, 0.25) is 0 Å². The first-order chi connectivity index (χ1) is 3.46. The summed E-state index contributed by atoms with van der Waals surface area (Å²) in [7, 11) is 0. The van der Waals surface area contributed by atoms with Gasteiger partial charge >= 0.3 is 34.1 Å². The molecular formula is C2Fe2O6. The standard InChI is InChI=1S/2CH2O3.2Fe/c2*2-1(3)4;;/h2*(H2,2,3,4);;/q;;2*+2/p-4. The first-order valence-corrected chi connectivity index (χ1v) is 1.22. The minimum absolute atomic E-state index is 0. The number of carboxylic acid groups (broad SMARTS) is 4. The van der Waals surface area contributed by atoms with E-state index in [0.29, 0.717) is 0 Å². The summed E-state index contributed by atoms with van der Waals surface area (Å²) in [4.78, 5) is 16.7. The molecule has 0 aliphatic carbocycles. The van der Waals surface area contributed by atoms with Crippen LogP contribution in [0.4, 0.5) is 9.59 Å². The molecule has 0 saturated carbocycles. The smallest absolute Gasteiger partial charge is 0.652 e. The summed E-state index contributed by atoms with van der Waals surface area (Å²) in [6, 6.07) is 0. The van der Waals surface area contributed by atoms with Crippen LogP contribution >= 0.6 is 0 Å². The van der Waals surface area contributed by atoms with Gasteiger partial charge < -0.3 is 30.0 Å². The fourth-order valence-electron chi connectivity index (χ4n) is 0. The molecule has 60 valence electrons. The third-order valence-corrected chi connectivity index (χ3v) is 0. The van der Waals surface area contributed by atoms with Crippen LogP contribution in [0, 0.1) is 0 Å². The van der Waals surface area contributed by atoms with E-state index in [1.165, 1.54) is 0 Å². The minimum Gasteiger partial charge on any atom is -0.652 e. The van der Waals surface area contributed by atoms with E-state index in [0.717, 1.165) is 0 Å². The predicted molar refractivity (Wildman–Crippen MR) is 10.8 cm³/mol. The summed E-state index contributed by atoms with van der Waals surface area (Å²) >= 11 is 0. The van der Waals surface area contributed by atoms with Crippen molar-refractivity contribution in [1.82, 2.24) is 0 Å². The zero-order valence-corrected chi connectivity index (χ0v) is 6.36. The largest absolute Gasteiger partial charge is 2.00 e. The molecule has 10 heavy (non-hydrogen) atoms. The van der Waals surface area contributed by atoms with Gasteiger partial charge in [0.1, 0.15) is 0 Å². The molecule has 0 atom stereocenters. The Morgan fingerprint density at radius 1 is 0.700 bits per heavy atom. The minimum atomic E-state index is -2.33. The van der Waals surface area contributed by atoms with Crippen LogP contribution in [-0.2, 0) is 34.1 Å². The van der Waals surface area contributed by atoms with Crippen molar-refractivity contribution in [2.45, 2.75) is 0 Å². The Labute approximate surface area is 76.8 Å². The van der Waals surface area contributed by atoms with Crippen molar-refractivity contribution < 1.29 is 64.2 Å². The van der Waals surface area contributed by atoms with Crippen molar-refractivity contribution >= 4 is 12.3 Å². The maximum atomic E-state index is 8.33. The molecule has 0 aromatic heterocycles. The topological polar surface area (TPSA) is 126 Å². The Kier molecular flexibility index (Phi) is 35.9. The third-order valence-electron chi connectivity index (χ3n) is 0. The number of carbonyl (C=O) groups is 2. The van der Waals surface area contributed by atoms with Crippen LogP contribution in [0.1, 0.15) is 0 Å². The molecule has 6 nitrogen and oxygen atoms in total. The Bertz CT molecular complexity index is 71.7. The molecule has 0 aromatic carbocycles. The van der Waals surface area contributed by atoms with Gasteiger partial charge in [-0.25, -0.2) is 0 Å². The number of hydrogen-bond donors (Lipinski definition) is 0. The Balaban J connectivity index is -0.0000000300. The Hall–Kier alpha value is -0.421. The van der Waals surface area contributed by atoms with Gasteiger partial charge in [0.05, 0.1) is 0 Å². The second-order valence-corrected chi connectivity index (χ2v) is 0.500. The van der Waals surface area contributed by atoms with Crippen LogP contribution < -0.4 is 20.4 Å². The molecule has 0 aromatic rings. The van der Waals surface area contributed by atoms with Crippen molar-refractivity contribution in [3.8, 4) is 0 Å². The van der Waals surface area contributed by atoms with Gasteiger partial charge in [0.25, 0.3) is 0 Å². The SMILES string of the molecule is O=C([O-])[O-].O=C([O-])[O-].[Fe+2].[Fe+2]. The van der Waals surface area contributed by atoms with Crippen LogP contribution in [0.5, 0.6) is 0 Å². The van der Waals surface area contributed by atoms with Crippen molar-refractivity contribution in [2.75, 3.05) is 0 Å². The first kappa shape index (κ1) is 22.7. The summed E-state index contributed by atoms with van der Waals surface area (Å²) in [5.74, 6) is 0. The maximum Gasteiger partial charge on any atom is 2.00 e. The number of rotatable bonds is 0. The predicted octanol–water partition coefficient (Wildman–Crippen LogP) is -4.90. The summed E-state index contributed by atoms with van der Waals surface area (Å²) in [5.41, 5.74) is 0. The second kappa shape index (κ2) is 15.8. The van der Waals surface area contributed by atoms with Crippen LogP contribution in [0.15, 0.2) is 0 Å². The second-order valence-electron chi connectivity index (χ2n) is 0.500. The molecular weight excluding hydrogens is 232 g/mol. The van der Waals surface area contributed by atoms with E-state index in [9.17, 15) is 0 Å². The van der Waals surface area contributed by atoms with Crippen LogP contribution in [-0.4, -0.2) is 12.3 Å². The number of carbonyl (C=O) groups excluding carboxylic acids is 2. The van der Waals surface area contributed by atoms with E-state index in [2.05, 4.69) is 0 Å². The van der Waals surface area contributed by atoms with Gasteiger partial charge in [-0.3, -0.25) is 0 Å². The Morgan fingerprint density at radius 2 is 0.700 bits per heavy atom. The van der Waals surface area contributed by atoms with E-state index < -0.39 is 12.3 Å². The van der Waals surface area contributed by atoms with E-state index in [1.807, 2.05) is 0 Å². The first-order valence-electron chi connectivity index (χ1n) is 1.22. The molecule has 0 radical (unpaired) electrons. The van der Waals surface area contributed by atoms with E-state index in [1.54, 1.807) is 0 Å². The normalized spacial score (nSPS) is 4.80. The summed E-state index contributed by atoms with van der Waals surface area (Å²) in [6.07, 6.45) is -4.67. The van der Waals surface area contributed by atoms with Crippen LogP contribution in [0.25, 0.3) is 0 Å². The zero-order valence-electron chi connectivity index (χ0n) is 4.16. The molecule has 0 unspecified atom stereocenters. The van der Waals surface area contributed by atoms with Crippen LogP contribution in [0.2, 0.25) is 0 Å². The fraction of sp³-hybridized carbons (Fsp3) is 0. The third kappa shape index (κ3) is 1850. The maximum absolute atomic E-state index is 8.33. The van der Waals surface area contributed by atoms with Gasteiger partial charge in [-0.1, -0.05) is 0 Å². The molecule has 0 aliphatic heterocycles. The van der Waals surface area contributed by atoms with Crippen molar-refractivity contribution in [3.05, 3.63) is 0 Å². The van der Waals surface area contributed by atoms with Gasteiger partial charge in [0, 0.05) is 0 Å². The summed E-state index contributed by atoms with van der Waals surface area (Å²) < 4.78 is 0. The Morgan fingerprint density at radius 3 is 0.700 bits per heavy atom. The quantitative estimate of drug-likeness (QED) is 0.385. The van der Waals surface area contributed by atoms with Crippen LogP contribution in [0.3, 0.4) is 0 Å². The monoisotopic (exact) mass is 232 g/mol. The van der Waals surface area contributed by atoms with E-state index >= 15 is 0 Å². The van der Waals surface area contributed by atoms with Gasteiger partial charge in [-0.05, 0) is 12.3 Å². The van der Waals surface area contributed by atoms with E-state index in [4.69, 9.17) is 30.0 Å². The van der Waals surface area contributed by atoms with E-state index in [-0.39, 0.29) is 34.1 Å².